The van der Waals surface area contributed by atoms with Gasteiger partial charge in [0.15, 0.2) is 0 Å². The Morgan fingerprint density at radius 1 is 1.40 bits per heavy atom. The third kappa shape index (κ3) is 3.22. The minimum atomic E-state index is -0.476. The van der Waals surface area contributed by atoms with E-state index in [2.05, 4.69) is 12.2 Å². The predicted molar refractivity (Wildman–Crippen MR) is 61.3 cm³/mol. The van der Waals surface area contributed by atoms with Gasteiger partial charge in [0.1, 0.15) is 5.75 Å². The smallest absolute Gasteiger partial charge is 0.119 e. The van der Waals surface area contributed by atoms with Crippen LogP contribution in [-0.2, 0) is 6.42 Å². The van der Waals surface area contributed by atoms with Gasteiger partial charge < -0.3 is 15.2 Å². The number of aliphatic hydroxyl groups excluding tert-OH is 1. The molecule has 0 saturated carbocycles. The summed E-state index contributed by atoms with van der Waals surface area (Å²) >= 11 is 0. The van der Waals surface area contributed by atoms with Gasteiger partial charge in [0.25, 0.3) is 0 Å². The topological polar surface area (TPSA) is 41.5 Å². The molecule has 0 bridgehead atoms. The minimum Gasteiger partial charge on any atom is -0.497 e. The van der Waals surface area contributed by atoms with E-state index in [1.807, 2.05) is 25.2 Å². The number of aliphatic hydroxyl groups is 1. The summed E-state index contributed by atoms with van der Waals surface area (Å²) in [5.74, 6) is 0.805. The van der Waals surface area contributed by atoms with Gasteiger partial charge in [0.2, 0.25) is 0 Å². The molecule has 1 atom stereocenters. The van der Waals surface area contributed by atoms with E-state index in [1.165, 1.54) is 5.56 Å². The lowest BCUT2D eigenvalue weighted by Crippen LogP contribution is -2.16. The fraction of sp³-hybridized carbons (Fsp3) is 0.500. The van der Waals surface area contributed by atoms with E-state index >= 15 is 0 Å². The molecule has 84 valence electrons. The van der Waals surface area contributed by atoms with E-state index < -0.39 is 6.10 Å². The molecule has 0 aliphatic heterocycles. The highest BCUT2D eigenvalue weighted by Crippen LogP contribution is 2.22. The van der Waals surface area contributed by atoms with Crippen molar-refractivity contribution in [1.29, 1.82) is 0 Å². The Balaban J connectivity index is 2.95. The van der Waals surface area contributed by atoms with E-state index in [1.54, 1.807) is 7.11 Å². The summed E-state index contributed by atoms with van der Waals surface area (Å²) in [5.41, 5.74) is 2.08. The number of likely N-dealkylation sites (N-methyl/N-ethyl adjacent to an activating group) is 1. The molecule has 3 heteroatoms. The van der Waals surface area contributed by atoms with Crippen molar-refractivity contribution in [3.8, 4) is 5.75 Å². The number of hydrogen-bond donors (Lipinski definition) is 2. The van der Waals surface area contributed by atoms with Crippen LogP contribution in [0, 0.1) is 0 Å². The van der Waals surface area contributed by atoms with Crippen molar-refractivity contribution in [1.82, 2.24) is 5.32 Å². The molecule has 0 radical (unpaired) electrons. The summed E-state index contributed by atoms with van der Waals surface area (Å²) in [5, 5.41) is 12.8. The first-order valence-electron chi connectivity index (χ1n) is 5.21. The number of ether oxygens (including phenoxy) is 1. The zero-order chi connectivity index (χ0) is 11.3. The molecule has 0 aliphatic rings. The van der Waals surface area contributed by atoms with Crippen molar-refractivity contribution in [2.45, 2.75) is 19.4 Å². The first-order chi connectivity index (χ1) is 7.21. The van der Waals surface area contributed by atoms with Crippen LogP contribution in [0.15, 0.2) is 18.2 Å². The molecule has 0 amide bonds. The van der Waals surface area contributed by atoms with Gasteiger partial charge in [0.05, 0.1) is 13.2 Å². The second-order valence-electron chi connectivity index (χ2n) is 3.54. The van der Waals surface area contributed by atoms with Gasteiger partial charge in [-0.1, -0.05) is 13.0 Å². The van der Waals surface area contributed by atoms with E-state index in [0.717, 1.165) is 17.7 Å². The van der Waals surface area contributed by atoms with Crippen LogP contribution in [-0.4, -0.2) is 25.8 Å². The molecule has 15 heavy (non-hydrogen) atoms. The summed E-state index contributed by atoms with van der Waals surface area (Å²) in [6.45, 7) is 2.64. The summed E-state index contributed by atoms with van der Waals surface area (Å²) in [6.07, 6.45) is 0.464. The second-order valence-corrected chi connectivity index (χ2v) is 3.54. The van der Waals surface area contributed by atoms with Crippen LogP contribution in [0.2, 0.25) is 0 Å². The molecule has 0 spiro atoms. The number of rotatable bonds is 5. The molecule has 3 nitrogen and oxygen atoms in total. The molecule has 0 aromatic heterocycles. The van der Waals surface area contributed by atoms with Crippen LogP contribution in [0.5, 0.6) is 5.75 Å². The van der Waals surface area contributed by atoms with Gasteiger partial charge in [-0.05, 0) is 36.7 Å². The number of hydrogen-bond acceptors (Lipinski definition) is 3. The van der Waals surface area contributed by atoms with Crippen LogP contribution in [0.3, 0.4) is 0 Å². The summed E-state index contributed by atoms with van der Waals surface area (Å²) in [7, 11) is 3.47. The van der Waals surface area contributed by atoms with Gasteiger partial charge in [-0.3, -0.25) is 0 Å². The SMILES string of the molecule is CCc1cc(OC)cc(C(O)CNC)c1. The Morgan fingerprint density at radius 2 is 2.13 bits per heavy atom. The van der Waals surface area contributed by atoms with Crippen molar-refractivity contribution < 1.29 is 9.84 Å². The molecule has 0 fully saturated rings. The fourth-order valence-electron chi connectivity index (χ4n) is 1.51. The third-order valence-corrected chi connectivity index (χ3v) is 2.41. The Labute approximate surface area is 91.1 Å². The van der Waals surface area contributed by atoms with Crippen LogP contribution in [0.4, 0.5) is 0 Å². The maximum Gasteiger partial charge on any atom is 0.119 e. The molecule has 0 heterocycles. The standard InChI is InChI=1S/C12H19NO2/c1-4-9-5-10(12(14)8-13-2)7-11(6-9)15-3/h5-7,12-14H,4,8H2,1-3H3. The highest BCUT2D eigenvalue weighted by molar-refractivity contribution is 5.35. The predicted octanol–water partition coefficient (Wildman–Crippen LogP) is 1.51. The number of methoxy groups -OCH3 is 1. The van der Waals surface area contributed by atoms with E-state index in [9.17, 15) is 5.11 Å². The van der Waals surface area contributed by atoms with E-state index in [-0.39, 0.29) is 0 Å². The maximum atomic E-state index is 9.84. The Bertz CT molecular complexity index is 290. The summed E-state index contributed by atoms with van der Waals surface area (Å²) < 4.78 is 5.19. The molecule has 2 N–H and O–H groups in total. The van der Waals surface area contributed by atoms with Crippen LogP contribution in [0.1, 0.15) is 24.2 Å². The average molecular weight is 209 g/mol. The lowest BCUT2D eigenvalue weighted by molar-refractivity contribution is 0.177. The largest absolute Gasteiger partial charge is 0.497 e. The molecule has 1 aromatic carbocycles. The molecule has 1 aromatic rings. The van der Waals surface area contributed by atoms with Crippen molar-refractivity contribution in [3.05, 3.63) is 29.3 Å². The van der Waals surface area contributed by atoms with Gasteiger partial charge >= 0.3 is 0 Å². The molecule has 1 rings (SSSR count). The van der Waals surface area contributed by atoms with E-state index in [4.69, 9.17) is 4.74 Å². The molecular formula is C12H19NO2. The van der Waals surface area contributed by atoms with Gasteiger partial charge in [0, 0.05) is 6.54 Å². The lowest BCUT2D eigenvalue weighted by Gasteiger charge is -2.13. The van der Waals surface area contributed by atoms with Crippen LogP contribution < -0.4 is 10.1 Å². The molecule has 0 saturated heterocycles. The van der Waals surface area contributed by atoms with Crippen molar-refractivity contribution in [2.75, 3.05) is 20.7 Å². The normalized spacial score (nSPS) is 12.5. The van der Waals surface area contributed by atoms with E-state index in [0.29, 0.717) is 6.54 Å². The number of aryl methyl sites for hydroxylation is 1. The van der Waals surface area contributed by atoms with Gasteiger partial charge in [-0.15, -0.1) is 0 Å². The Morgan fingerprint density at radius 3 is 2.67 bits per heavy atom. The maximum absolute atomic E-state index is 9.84. The van der Waals surface area contributed by atoms with Crippen molar-refractivity contribution >= 4 is 0 Å². The Hall–Kier alpha value is -1.06. The van der Waals surface area contributed by atoms with Crippen LogP contribution in [0.25, 0.3) is 0 Å². The second kappa shape index (κ2) is 5.73. The monoisotopic (exact) mass is 209 g/mol. The molecule has 0 aliphatic carbocycles. The summed E-state index contributed by atoms with van der Waals surface area (Å²) in [4.78, 5) is 0. The first-order valence-corrected chi connectivity index (χ1v) is 5.21. The number of benzene rings is 1. The molecular weight excluding hydrogens is 190 g/mol. The number of nitrogens with one attached hydrogen (secondary N) is 1. The quantitative estimate of drug-likeness (QED) is 0.772. The average Bonchev–Trinajstić information content (AvgIpc) is 2.28. The van der Waals surface area contributed by atoms with Crippen molar-refractivity contribution in [3.63, 3.8) is 0 Å². The van der Waals surface area contributed by atoms with Crippen LogP contribution >= 0.6 is 0 Å². The summed E-state index contributed by atoms with van der Waals surface area (Å²) in [6, 6.07) is 5.89. The van der Waals surface area contributed by atoms with Crippen molar-refractivity contribution in [2.24, 2.45) is 0 Å². The zero-order valence-electron chi connectivity index (χ0n) is 9.58. The third-order valence-electron chi connectivity index (χ3n) is 2.41. The minimum absolute atomic E-state index is 0.476. The lowest BCUT2D eigenvalue weighted by atomic mass is 10.0. The van der Waals surface area contributed by atoms with Gasteiger partial charge in [-0.25, -0.2) is 0 Å². The van der Waals surface area contributed by atoms with Gasteiger partial charge in [-0.2, -0.15) is 0 Å². The highest BCUT2D eigenvalue weighted by atomic mass is 16.5. The highest BCUT2D eigenvalue weighted by Gasteiger charge is 2.08. The zero-order valence-corrected chi connectivity index (χ0v) is 9.58. The Kier molecular flexibility index (Phi) is 4.59. The first kappa shape index (κ1) is 12.0. The fourth-order valence-corrected chi connectivity index (χ4v) is 1.51. The molecule has 1 unspecified atom stereocenters.